The molecule has 1 unspecified atom stereocenters. The molecule has 1 aromatic carbocycles. The van der Waals surface area contributed by atoms with Gasteiger partial charge in [0.05, 0.1) is 13.2 Å². The summed E-state index contributed by atoms with van der Waals surface area (Å²) in [6, 6.07) is 7.80. The summed E-state index contributed by atoms with van der Waals surface area (Å²) in [6.07, 6.45) is 5.07. The second-order valence-electron chi connectivity index (χ2n) is 9.80. The summed E-state index contributed by atoms with van der Waals surface area (Å²) in [4.78, 5) is 31.3. The number of allylic oxidation sites excluding steroid dienone is 2. The molecule has 5 nitrogen and oxygen atoms in total. The van der Waals surface area contributed by atoms with Gasteiger partial charge < -0.3 is 9.47 Å². The molecule has 0 saturated heterocycles. The van der Waals surface area contributed by atoms with Crippen LogP contribution in [-0.2, 0) is 14.3 Å². The highest BCUT2D eigenvalue weighted by Crippen LogP contribution is 2.48. The van der Waals surface area contributed by atoms with Gasteiger partial charge in [-0.1, -0.05) is 52.7 Å². The first-order valence-electron chi connectivity index (χ1n) is 12.0. The van der Waals surface area contributed by atoms with Crippen LogP contribution in [0.2, 0.25) is 0 Å². The van der Waals surface area contributed by atoms with Crippen molar-refractivity contribution < 1.29 is 19.1 Å². The Morgan fingerprint density at radius 3 is 2.44 bits per heavy atom. The van der Waals surface area contributed by atoms with E-state index < -0.39 is 5.92 Å². The Bertz CT molecular complexity index is 895. The Hall–Kier alpha value is -2.43. The number of carbonyl (C=O) groups is 2. The number of aliphatic imine (C=N–C) groups is 1. The number of ether oxygens (including phenoxy) is 2. The van der Waals surface area contributed by atoms with Gasteiger partial charge in [0.15, 0.2) is 5.78 Å². The maximum Gasteiger partial charge on any atom is 0.315 e. The summed E-state index contributed by atoms with van der Waals surface area (Å²) < 4.78 is 11.4. The molecule has 2 atom stereocenters. The number of unbranched alkanes of at least 4 members (excludes halogenated alkanes) is 2. The van der Waals surface area contributed by atoms with E-state index in [0.717, 1.165) is 54.8 Å². The van der Waals surface area contributed by atoms with Gasteiger partial charge in [-0.15, -0.1) is 0 Å². The number of hydrogen-bond acceptors (Lipinski definition) is 5. The summed E-state index contributed by atoms with van der Waals surface area (Å²) in [7, 11) is 0. The molecule has 1 heterocycles. The van der Waals surface area contributed by atoms with Crippen LogP contribution in [0.1, 0.15) is 84.6 Å². The molecule has 1 aliphatic carbocycles. The maximum atomic E-state index is 13.3. The monoisotopic (exact) mass is 439 g/mol. The summed E-state index contributed by atoms with van der Waals surface area (Å²) in [6.45, 7) is 11.3. The highest BCUT2D eigenvalue weighted by atomic mass is 16.5. The number of rotatable bonds is 9. The fourth-order valence-corrected chi connectivity index (χ4v) is 4.72. The van der Waals surface area contributed by atoms with Crippen molar-refractivity contribution in [1.82, 2.24) is 0 Å². The van der Waals surface area contributed by atoms with Gasteiger partial charge in [0, 0.05) is 29.3 Å². The smallest absolute Gasteiger partial charge is 0.315 e. The lowest BCUT2D eigenvalue weighted by Gasteiger charge is -2.39. The summed E-state index contributed by atoms with van der Waals surface area (Å²) in [5, 5.41) is 0. The lowest BCUT2D eigenvalue weighted by atomic mass is 9.67. The van der Waals surface area contributed by atoms with Crippen LogP contribution in [-0.4, -0.2) is 30.7 Å². The second kappa shape index (κ2) is 10.5. The quantitative estimate of drug-likeness (QED) is 0.348. The topological polar surface area (TPSA) is 65.0 Å². The largest absolute Gasteiger partial charge is 0.494 e. The van der Waals surface area contributed by atoms with Crippen LogP contribution >= 0.6 is 0 Å². The molecule has 32 heavy (non-hydrogen) atoms. The van der Waals surface area contributed by atoms with E-state index in [1.165, 1.54) is 0 Å². The average Bonchev–Trinajstić information content (AvgIpc) is 2.73. The molecule has 2 aliphatic rings. The molecule has 0 bridgehead atoms. The zero-order valence-electron chi connectivity index (χ0n) is 20.2. The fourth-order valence-electron chi connectivity index (χ4n) is 4.72. The number of Topliss-reactive ketones (excluding diaryl/α,β-unsaturated/α-hetero) is 1. The molecule has 3 rings (SSSR count). The molecule has 0 radical (unpaired) electrons. The minimum atomic E-state index is -0.581. The molecule has 0 amide bonds. The van der Waals surface area contributed by atoms with Gasteiger partial charge in [0.2, 0.25) is 0 Å². The molecule has 5 heteroatoms. The first-order chi connectivity index (χ1) is 15.3. The lowest BCUT2D eigenvalue weighted by molar-refractivity contribution is -0.146. The van der Waals surface area contributed by atoms with E-state index >= 15 is 0 Å². The Kier molecular flexibility index (Phi) is 7.91. The zero-order valence-corrected chi connectivity index (χ0v) is 20.2. The molecule has 1 aliphatic heterocycles. The van der Waals surface area contributed by atoms with Gasteiger partial charge in [0.25, 0.3) is 0 Å². The van der Waals surface area contributed by atoms with E-state index in [1.807, 2.05) is 31.2 Å². The average molecular weight is 440 g/mol. The predicted octanol–water partition coefficient (Wildman–Crippen LogP) is 6.03. The van der Waals surface area contributed by atoms with Gasteiger partial charge in [-0.3, -0.25) is 14.6 Å². The standard InChI is InChI=1S/C27H37NO4/c1-6-8-9-15-32-26(30)23-18(3)28-21-16-27(4,5)17-22(29)25(21)24(23)19-10-12-20(13-11-19)31-14-7-2/h10-13,23-24H,6-9,14-17H2,1-5H3/t23?,24-/m1/s1. The van der Waals surface area contributed by atoms with Crippen molar-refractivity contribution in [2.24, 2.45) is 16.3 Å². The number of esters is 1. The third-order valence-corrected chi connectivity index (χ3v) is 6.26. The van der Waals surface area contributed by atoms with E-state index in [0.29, 0.717) is 25.2 Å². The van der Waals surface area contributed by atoms with Crippen molar-refractivity contribution >= 4 is 17.5 Å². The van der Waals surface area contributed by atoms with Crippen molar-refractivity contribution in [2.75, 3.05) is 13.2 Å². The summed E-state index contributed by atoms with van der Waals surface area (Å²) in [5.41, 5.74) is 3.04. The van der Waals surface area contributed by atoms with Crippen LogP contribution < -0.4 is 4.74 Å². The molecular weight excluding hydrogens is 402 g/mol. The van der Waals surface area contributed by atoms with Crippen molar-refractivity contribution in [2.45, 2.75) is 79.1 Å². The minimum Gasteiger partial charge on any atom is -0.494 e. The minimum absolute atomic E-state index is 0.0904. The SMILES string of the molecule is CCCCCOC(=O)C1C(C)=NC2=C(C(=O)CC(C)(C)C2)[C@@H]1c1ccc(OCCC)cc1. The van der Waals surface area contributed by atoms with Crippen molar-refractivity contribution in [3.05, 3.63) is 41.1 Å². The van der Waals surface area contributed by atoms with Crippen molar-refractivity contribution in [1.29, 1.82) is 0 Å². The number of carbonyl (C=O) groups excluding carboxylic acids is 2. The summed E-state index contributed by atoms with van der Waals surface area (Å²) in [5.74, 6) is -0.357. The first-order valence-corrected chi connectivity index (χ1v) is 12.0. The third kappa shape index (κ3) is 5.48. The maximum absolute atomic E-state index is 13.3. The van der Waals surface area contributed by atoms with E-state index in [9.17, 15) is 9.59 Å². The molecule has 0 saturated carbocycles. The highest BCUT2D eigenvalue weighted by molar-refractivity contribution is 6.09. The van der Waals surface area contributed by atoms with Gasteiger partial charge in [0.1, 0.15) is 11.7 Å². The van der Waals surface area contributed by atoms with Crippen LogP contribution in [0, 0.1) is 11.3 Å². The molecule has 1 aromatic rings. The normalized spacial score (nSPS) is 22.3. The number of hydrogen-bond donors (Lipinski definition) is 0. The molecule has 0 spiro atoms. The van der Waals surface area contributed by atoms with Gasteiger partial charge in [-0.2, -0.15) is 0 Å². The lowest BCUT2D eigenvalue weighted by Crippen LogP contribution is -2.39. The number of benzene rings is 1. The van der Waals surface area contributed by atoms with E-state index in [2.05, 4.69) is 27.7 Å². The number of ketones is 1. The molecular formula is C27H37NO4. The Balaban J connectivity index is 1.97. The van der Waals surface area contributed by atoms with Crippen LogP contribution in [0.25, 0.3) is 0 Å². The molecule has 0 aromatic heterocycles. The number of nitrogens with zero attached hydrogens (tertiary/aromatic N) is 1. The predicted molar refractivity (Wildman–Crippen MR) is 127 cm³/mol. The molecule has 174 valence electrons. The van der Waals surface area contributed by atoms with E-state index in [-0.39, 0.29) is 23.1 Å². The van der Waals surface area contributed by atoms with Crippen LogP contribution in [0.3, 0.4) is 0 Å². The van der Waals surface area contributed by atoms with Gasteiger partial charge in [-0.25, -0.2) is 0 Å². The highest BCUT2D eigenvalue weighted by Gasteiger charge is 2.46. The van der Waals surface area contributed by atoms with E-state index in [1.54, 1.807) is 0 Å². The van der Waals surface area contributed by atoms with Crippen LogP contribution in [0.15, 0.2) is 40.5 Å². The molecule has 0 N–H and O–H groups in total. The Morgan fingerprint density at radius 1 is 1.06 bits per heavy atom. The zero-order chi connectivity index (χ0) is 23.3. The van der Waals surface area contributed by atoms with Crippen LogP contribution in [0.5, 0.6) is 5.75 Å². The summed E-state index contributed by atoms with van der Waals surface area (Å²) >= 11 is 0. The fraction of sp³-hybridized carbons (Fsp3) is 0.593. The third-order valence-electron chi connectivity index (χ3n) is 6.26. The van der Waals surface area contributed by atoms with E-state index in [4.69, 9.17) is 14.5 Å². The first kappa shape index (κ1) is 24.2. The Labute approximate surface area is 192 Å². The van der Waals surface area contributed by atoms with Crippen molar-refractivity contribution in [3.8, 4) is 5.75 Å². The second-order valence-corrected chi connectivity index (χ2v) is 9.80. The Morgan fingerprint density at radius 2 is 1.78 bits per heavy atom. The van der Waals surface area contributed by atoms with Crippen molar-refractivity contribution in [3.63, 3.8) is 0 Å². The molecule has 0 fully saturated rings. The van der Waals surface area contributed by atoms with Gasteiger partial charge in [-0.05, 0) is 49.3 Å². The van der Waals surface area contributed by atoms with Crippen LogP contribution in [0.4, 0.5) is 0 Å². The van der Waals surface area contributed by atoms with Gasteiger partial charge >= 0.3 is 5.97 Å².